The molecule has 0 saturated carbocycles. The van der Waals surface area contributed by atoms with Gasteiger partial charge in [-0.15, -0.1) is 13.2 Å². The van der Waals surface area contributed by atoms with Gasteiger partial charge in [-0.25, -0.2) is 4.98 Å². The highest BCUT2D eigenvalue weighted by Crippen LogP contribution is 2.29. The summed E-state index contributed by atoms with van der Waals surface area (Å²) in [6.45, 7) is 0.587. The van der Waals surface area contributed by atoms with E-state index < -0.39 is 12.3 Å². The molecule has 1 atom stereocenters. The minimum absolute atomic E-state index is 0.0523. The van der Waals surface area contributed by atoms with Gasteiger partial charge in [-0.2, -0.15) is 0 Å². The van der Waals surface area contributed by atoms with E-state index in [1.54, 1.807) is 12.5 Å². The summed E-state index contributed by atoms with van der Waals surface area (Å²) in [5, 5.41) is 2.78. The molecule has 2 heterocycles. The van der Waals surface area contributed by atoms with Gasteiger partial charge in [0.05, 0.1) is 12.2 Å². The molecule has 1 fully saturated rings. The molecule has 0 spiro atoms. The van der Waals surface area contributed by atoms with Gasteiger partial charge in [0.1, 0.15) is 5.75 Å². The predicted molar refractivity (Wildman–Crippen MR) is 88.9 cm³/mol. The number of nitrogens with zero attached hydrogens (tertiary/aromatic N) is 2. The third kappa shape index (κ3) is 4.99. The van der Waals surface area contributed by atoms with Crippen molar-refractivity contribution in [2.24, 2.45) is 5.92 Å². The third-order valence-corrected chi connectivity index (χ3v) is 4.13. The molecule has 1 aliphatic heterocycles. The van der Waals surface area contributed by atoms with Crippen molar-refractivity contribution in [3.05, 3.63) is 42.5 Å². The van der Waals surface area contributed by atoms with Crippen LogP contribution in [-0.4, -0.2) is 41.2 Å². The van der Waals surface area contributed by atoms with Gasteiger partial charge in [0.15, 0.2) is 0 Å². The smallest absolute Gasteiger partial charge is 0.406 e. The lowest BCUT2D eigenvalue weighted by Crippen LogP contribution is -2.34. The van der Waals surface area contributed by atoms with Crippen LogP contribution in [-0.2, 0) is 16.0 Å². The van der Waals surface area contributed by atoms with E-state index >= 15 is 0 Å². The molecule has 0 aliphatic carbocycles. The molecule has 144 valence electrons. The van der Waals surface area contributed by atoms with Crippen LogP contribution < -0.4 is 15.0 Å². The summed E-state index contributed by atoms with van der Waals surface area (Å²) in [6.07, 6.45) is -0.910. The number of rotatable bonds is 6. The van der Waals surface area contributed by atoms with Gasteiger partial charge in [0.2, 0.25) is 11.8 Å². The predicted octanol–water partition coefficient (Wildman–Crippen LogP) is 2.02. The van der Waals surface area contributed by atoms with Gasteiger partial charge in [-0.3, -0.25) is 9.59 Å². The largest absolute Gasteiger partial charge is 0.573 e. The van der Waals surface area contributed by atoms with Crippen LogP contribution in [0.3, 0.4) is 0 Å². The van der Waals surface area contributed by atoms with Crippen molar-refractivity contribution < 1.29 is 27.5 Å². The fraction of sp³-hybridized carbons (Fsp3) is 0.353. The summed E-state index contributed by atoms with van der Waals surface area (Å²) < 4.78 is 40.4. The first kappa shape index (κ1) is 18.7. The summed E-state index contributed by atoms with van der Waals surface area (Å²) in [5.41, 5.74) is 1.31. The lowest BCUT2D eigenvalue weighted by Gasteiger charge is -2.17. The zero-order valence-electron chi connectivity index (χ0n) is 14.1. The summed E-state index contributed by atoms with van der Waals surface area (Å²) >= 11 is 0. The standard InChI is InChI=1S/C17H17F3N4O3/c18-17(19,20)27-14-3-1-13(2-4-14)24-9-11(7-15(24)25)16(26)22-6-5-12-8-21-10-23-12/h1-4,8,10-11H,5-7,9H2,(H,21,23)(H,22,26). The number of ether oxygens (including phenoxy) is 1. The fourth-order valence-electron chi connectivity index (χ4n) is 2.85. The molecule has 1 saturated heterocycles. The van der Waals surface area contributed by atoms with E-state index in [1.807, 2.05) is 0 Å². The number of hydrogen-bond donors (Lipinski definition) is 2. The number of nitrogens with one attached hydrogen (secondary N) is 2. The van der Waals surface area contributed by atoms with Gasteiger partial charge in [-0.05, 0) is 24.3 Å². The van der Waals surface area contributed by atoms with Crippen molar-refractivity contribution in [2.45, 2.75) is 19.2 Å². The van der Waals surface area contributed by atoms with Crippen molar-refractivity contribution in [1.29, 1.82) is 0 Å². The van der Waals surface area contributed by atoms with E-state index in [4.69, 9.17) is 0 Å². The summed E-state index contributed by atoms with van der Waals surface area (Å²) in [6, 6.07) is 4.98. The van der Waals surface area contributed by atoms with Crippen LogP contribution in [0.4, 0.5) is 18.9 Å². The maximum atomic E-state index is 12.2. The molecule has 0 radical (unpaired) electrons. The average molecular weight is 382 g/mol. The van der Waals surface area contributed by atoms with Crippen LogP contribution >= 0.6 is 0 Å². The minimum Gasteiger partial charge on any atom is -0.406 e. The van der Waals surface area contributed by atoms with Crippen LogP contribution in [0.5, 0.6) is 5.75 Å². The SMILES string of the molecule is O=C(NCCc1cnc[nH]1)C1CC(=O)N(c2ccc(OC(F)(F)F)cc2)C1. The zero-order valence-corrected chi connectivity index (χ0v) is 14.1. The van der Waals surface area contributed by atoms with Gasteiger partial charge in [0.25, 0.3) is 0 Å². The number of hydrogen-bond acceptors (Lipinski definition) is 4. The molecule has 2 amide bonds. The normalized spacial score (nSPS) is 17.2. The lowest BCUT2D eigenvalue weighted by molar-refractivity contribution is -0.274. The molecule has 1 unspecified atom stereocenters. The maximum absolute atomic E-state index is 12.2. The highest BCUT2D eigenvalue weighted by Gasteiger charge is 2.35. The Bertz CT molecular complexity index is 791. The van der Waals surface area contributed by atoms with Crippen LogP contribution in [0.1, 0.15) is 12.1 Å². The Morgan fingerprint density at radius 3 is 2.70 bits per heavy atom. The molecular formula is C17H17F3N4O3. The van der Waals surface area contributed by atoms with E-state index in [0.29, 0.717) is 18.7 Å². The van der Waals surface area contributed by atoms with E-state index in [-0.39, 0.29) is 30.5 Å². The number of anilines is 1. The summed E-state index contributed by atoms with van der Waals surface area (Å²) in [4.78, 5) is 32.6. The molecule has 7 nitrogen and oxygen atoms in total. The Hall–Kier alpha value is -3.04. The number of benzene rings is 1. The molecular weight excluding hydrogens is 365 g/mol. The Labute approximate surface area is 152 Å². The van der Waals surface area contributed by atoms with Gasteiger partial charge in [0, 0.05) is 43.5 Å². The number of alkyl halides is 3. The third-order valence-electron chi connectivity index (χ3n) is 4.13. The zero-order chi connectivity index (χ0) is 19.4. The first-order valence-corrected chi connectivity index (χ1v) is 8.23. The molecule has 1 aromatic heterocycles. The van der Waals surface area contributed by atoms with E-state index in [1.165, 1.54) is 17.0 Å². The van der Waals surface area contributed by atoms with Crippen LogP contribution in [0.25, 0.3) is 0 Å². The average Bonchev–Trinajstić information content (AvgIpc) is 3.24. The summed E-state index contributed by atoms with van der Waals surface area (Å²) in [5.74, 6) is -1.37. The number of halogens is 3. The minimum atomic E-state index is -4.77. The number of aromatic amines is 1. The second kappa shape index (κ2) is 7.68. The lowest BCUT2D eigenvalue weighted by atomic mass is 10.1. The van der Waals surface area contributed by atoms with Gasteiger partial charge < -0.3 is 19.9 Å². The number of H-pyrrole nitrogens is 1. The van der Waals surface area contributed by atoms with Crippen molar-refractivity contribution >= 4 is 17.5 Å². The van der Waals surface area contributed by atoms with Gasteiger partial charge in [-0.1, -0.05) is 0 Å². The molecule has 2 aromatic rings. The van der Waals surface area contributed by atoms with Crippen LogP contribution in [0.15, 0.2) is 36.8 Å². The molecule has 1 aromatic carbocycles. The highest BCUT2D eigenvalue weighted by atomic mass is 19.4. The first-order chi connectivity index (χ1) is 12.8. The molecule has 0 bridgehead atoms. The van der Waals surface area contributed by atoms with Crippen molar-refractivity contribution in [3.63, 3.8) is 0 Å². The number of carbonyl (C=O) groups excluding carboxylic acids is 2. The fourth-order valence-corrected chi connectivity index (χ4v) is 2.85. The molecule has 1 aliphatic rings. The van der Waals surface area contributed by atoms with Crippen LogP contribution in [0, 0.1) is 5.92 Å². The number of imidazole rings is 1. The summed E-state index contributed by atoms with van der Waals surface area (Å²) in [7, 11) is 0. The Morgan fingerprint density at radius 2 is 2.07 bits per heavy atom. The number of carbonyl (C=O) groups is 2. The quantitative estimate of drug-likeness (QED) is 0.800. The van der Waals surface area contributed by atoms with Crippen molar-refractivity contribution in [1.82, 2.24) is 15.3 Å². The molecule has 10 heteroatoms. The monoisotopic (exact) mass is 382 g/mol. The first-order valence-electron chi connectivity index (χ1n) is 8.23. The second-order valence-corrected chi connectivity index (χ2v) is 6.06. The Balaban J connectivity index is 1.54. The maximum Gasteiger partial charge on any atom is 0.573 e. The topological polar surface area (TPSA) is 87.3 Å². The van der Waals surface area contributed by atoms with Gasteiger partial charge >= 0.3 is 6.36 Å². The van der Waals surface area contributed by atoms with E-state index in [2.05, 4.69) is 20.0 Å². The number of aromatic nitrogens is 2. The van der Waals surface area contributed by atoms with E-state index in [0.717, 1.165) is 17.8 Å². The Kier molecular flexibility index (Phi) is 5.33. The second-order valence-electron chi connectivity index (χ2n) is 6.06. The Morgan fingerprint density at radius 1 is 1.33 bits per heavy atom. The van der Waals surface area contributed by atoms with E-state index in [9.17, 15) is 22.8 Å². The molecule has 2 N–H and O–H groups in total. The van der Waals surface area contributed by atoms with Crippen molar-refractivity contribution in [2.75, 3.05) is 18.0 Å². The highest BCUT2D eigenvalue weighted by molar-refractivity contribution is 6.00. The van der Waals surface area contributed by atoms with Crippen molar-refractivity contribution in [3.8, 4) is 5.75 Å². The molecule has 3 rings (SSSR count). The van der Waals surface area contributed by atoms with Crippen LogP contribution in [0.2, 0.25) is 0 Å². The number of amides is 2. The molecule has 27 heavy (non-hydrogen) atoms.